The zero-order valence-corrected chi connectivity index (χ0v) is 13.3. The van der Waals surface area contributed by atoms with Crippen molar-refractivity contribution in [2.75, 3.05) is 6.61 Å². The minimum atomic E-state index is -0.440. The molecule has 2 aromatic carbocycles. The molecule has 23 heavy (non-hydrogen) atoms. The Bertz CT molecular complexity index is 701. The minimum absolute atomic E-state index is 0.152. The number of nitrogens with one attached hydrogen (secondary N) is 1. The van der Waals surface area contributed by atoms with E-state index in [9.17, 15) is 9.18 Å². The summed E-state index contributed by atoms with van der Waals surface area (Å²) in [5.41, 5.74) is 0.813. The smallest absolute Gasteiger partial charge is 0.258 e. The molecule has 0 heterocycles. The molecule has 3 rings (SSSR count). The van der Waals surface area contributed by atoms with Gasteiger partial charge in [-0.15, -0.1) is 0 Å². The Morgan fingerprint density at radius 2 is 1.96 bits per heavy atom. The van der Waals surface area contributed by atoms with Crippen LogP contribution in [0, 0.1) is 5.82 Å². The zero-order valence-electron chi connectivity index (χ0n) is 12.5. The molecule has 0 bridgehead atoms. The fraction of sp³-hybridized carbons (Fsp3) is 0.278. The molecule has 1 amide bonds. The molecular formula is C18H17ClFNO2. The highest BCUT2D eigenvalue weighted by molar-refractivity contribution is 6.32. The van der Waals surface area contributed by atoms with Crippen molar-refractivity contribution in [3.8, 4) is 5.75 Å². The largest absolute Gasteiger partial charge is 0.482 e. The van der Waals surface area contributed by atoms with Gasteiger partial charge in [0.15, 0.2) is 6.61 Å². The number of ether oxygens (including phenoxy) is 1. The third-order valence-electron chi connectivity index (χ3n) is 4.16. The molecule has 0 aliphatic heterocycles. The number of carbonyl (C=O) groups is 1. The van der Waals surface area contributed by atoms with Crippen LogP contribution in [0.3, 0.4) is 0 Å². The third kappa shape index (κ3) is 3.48. The highest BCUT2D eigenvalue weighted by atomic mass is 35.5. The van der Waals surface area contributed by atoms with Crippen LogP contribution in [0.2, 0.25) is 5.02 Å². The molecule has 0 radical (unpaired) electrons. The van der Waals surface area contributed by atoms with Crippen molar-refractivity contribution in [1.82, 2.24) is 5.32 Å². The lowest BCUT2D eigenvalue weighted by molar-refractivity contribution is -0.126. The first-order valence-electron chi connectivity index (χ1n) is 7.53. The lowest BCUT2D eigenvalue weighted by Gasteiger charge is -2.43. The van der Waals surface area contributed by atoms with Gasteiger partial charge in [0.2, 0.25) is 0 Å². The highest BCUT2D eigenvalue weighted by Gasteiger charge is 2.39. The van der Waals surface area contributed by atoms with Crippen LogP contribution in [-0.2, 0) is 10.3 Å². The second-order valence-corrected chi connectivity index (χ2v) is 6.12. The Morgan fingerprint density at radius 3 is 2.57 bits per heavy atom. The molecule has 1 aliphatic carbocycles. The molecule has 0 saturated heterocycles. The second kappa shape index (κ2) is 6.59. The monoisotopic (exact) mass is 333 g/mol. The maximum Gasteiger partial charge on any atom is 0.258 e. The van der Waals surface area contributed by atoms with Gasteiger partial charge in [-0.2, -0.15) is 0 Å². The molecule has 1 aliphatic rings. The standard InChI is InChI=1S/C18H17ClFNO2/c19-15-11-14(20)7-8-16(15)23-12-17(22)21-18(9-4-10-18)13-5-2-1-3-6-13/h1-3,5-8,11H,4,9-10,12H2,(H,21,22). The number of amides is 1. The quantitative estimate of drug-likeness (QED) is 0.896. The average molecular weight is 334 g/mol. The molecule has 1 saturated carbocycles. The van der Waals surface area contributed by atoms with Gasteiger partial charge in [0.05, 0.1) is 10.6 Å². The fourth-order valence-corrected chi connectivity index (χ4v) is 3.03. The van der Waals surface area contributed by atoms with Crippen LogP contribution in [0.15, 0.2) is 48.5 Å². The Labute approximate surface area is 139 Å². The van der Waals surface area contributed by atoms with Crippen molar-refractivity contribution in [3.63, 3.8) is 0 Å². The first-order chi connectivity index (χ1) is 11.1. The van der Waals surface area contributed by atoms with Crippen molar-refractivity contribution < 1.29 is 13.9 Å². The molecule has 0 unspecified atom stereocenters. The van der Waals surface area contributed by atoms with Gasteiger partial charge in [0.1, 0.15) is 11.6 Å². The fourth-order valence-electron chi connectivity index (χ4n) is 2.81. The van der Waals surface area contributed by atoms with Crippen molar-refractivity contribution in [2.45, 2.75) is 24.8 Å². The summed E-state index contributed by atoms with van der Waals surface area (Å²) in [5.74, 6) is -0.358. The summed E-state index contributed by atoms with van der Waals surface area (Å²) in [6.07, 6.45) is 2.92. The summed E-state index contributed by atoms with van der Waals surface area (Å²) < 4.78 is 18.4. The molecule has 0 spiro atoms. The van der Waals surface area contributed by atoms with Crippen molar-refractivity contribution >= 4 is 17.5 Å². The molecule has 1 fully saturated rings. The van der Waals surface area contributed by atoms with E-state index < -0.39 is 5.82 Å². The van der Waals surface area contributed by atoms with Crippen LogP contribution in [-0.4, -0.2) is 12.5 Å². The molecule has 5 heteroatoms. The zero-order chi connectivity index (χ0) is 16.3. The van der Waals surface area contributed by atoms with Crippen LogP contribution in [0.25, 0.3) is 0 Å². The van der Waals surface area contributed by atoms with E-state index in [0.717, 1.165) is 30.9 Å². The summed E-state index contributed by atoms with van der Waals surface area (Å²) in [5, 5.41) is 3.22. The molecule has 0 aromatic heterocycles. The number of hydrogen-bond acceptors (Lipinski definition) is 2. The molecule has 120 valence electrons. The summed E-state index contributed by atoms with van der Waals surface area (Å²) in [6, 6.07) is 13.8. The third-order valence-corrected chi connectivity index (χ3v) is 4.46. The van der Waals surface area contributed by atoms with Crippen molar-refractivity contribution in [2.24, 2.45) is 0 Å². The molecular weight excluding hydrogens is 317 g/mol. The lowest BCUT2D eigenvalue weighted by atomic mass is 9.72. The number of carbonyl (C=O) groups excluding carboxylic acids is 1. The van der Waals surface area contributed by atoms with E-state index in [1.54, 1.807) is 0 Å². The Balaban J connectivity index is 1.62. The minimum Gasteiger partial charge on any atom is -0.482 e. The van der Waals surface area contributed by atoms with Crippen LogP contribution in [0.5, 0.6) is 5.75 Å². The van der Waals surface area contributed by atoms with Gasteiger partial charge in [-0.3, -0.25) is 4.79 Å². The average Bonchev–Trinajstić information content (AvgIpc) is 2.51. The summed E-state index contributed by atoms with van der Waals surface area (Å²) in [7, 11) is 0. The topological polar surface area (TPSA) is 38.3 Å². The van der Waals surface area contributed by atoms with E-state index in [2.05, 4.69) is 5.32 Å². The SMILES string of the molecule is O=C(COc1ccc(F)cc1Cl)NC1(c2ccccc2)CCC1. The van der Waals surface area contributed by atoms with E-state index in [1.165, 1.54) is 12.1 Å². The first kappa shape index (κ1) is 15.8. The van der Waals surface area contributed by atoms with Gasteiger partial charge in [-0.25, -0.2) is 4.39 Å². The lowest BCUT2D eigenvalue weighted by Crippen LogP contribution is -2.52. The van der Waals surface area contributed by atoms with E-state index in [0.29, 0.717) is 5.75 Å². The number of rotatable bonds is 5. The summed E-state index contributed by atoms with van der Waals surface area (Å²) >= 11 is 5.88. The van der Waals surface area contributed by atoms with Gasteiger partial charge < -0.3 is 10.1 Å². The maximum atomic E-state index is 13.0. The molecule has 3 nitrogen and oxygen atoms in total. The van der Waals surface area contributed by atoms with Crippen LogP contribution >= 0.6 is 11.6 Å². The van der Waals surface area contributed by atoms with Crippen LogP contribution < -0.4 is 10.1 Å². The highest BCUT2D eigenvalue weighted by Crippen LogP contribution is 2.41. The van der Waals surface area contributed by atoms with Crippen molar-refractivity contribution in [3.05, 3.63) is 64.9 Å². The van der Waals surface area contributed by atoms with Gasteiger partial charge in [-0.1, -0.05) is 41.9 Å². The predicted octanol–water partition coefficient (Wildman–Crippen LogP) is 4.05. The Morgan fingerprint density at radius 1 is 1.22 bits per heavy atom. The van der Waals surface area contributed by atoms with Crippen molar-refractivity contribution in [1.29, 1.82) is 0 Å². The summed E-state index contributed by atoms with van der Waals surface area (Å²) in [4.78, 5) is 12.2. The molecule has 1 N–H and O–H groups in total. The van der Waals surface area contributed by atoms with Gasteiger partial charge in [-0.05, 0) is 43.0 Å². The molecule has 2 aromatic rings. The van der Waals surface area contributed by atoms with Gasteiger partial charge in [0.25, 0.3) is 5.91 Å². The Kier molecular flexibility index (Phi) is 4.53. The maximum absolute atomic E-state index is 13.0. The Hall–Kier alpha value is -2.07. The van der Waals surface area contributed by atoms with E-state index in [-0.39, 0.29) is 23.1 Å². The summed E-state index contributed by atoms with van der Waals surface area (Å²) in [6.45, 7) is -0.153. The van der Waals surface area contributed by atoms with Gasteiger partial charge >= 0.3 is 0 Å². The molecule has 0 atom stereocenters. The van der Waals surface area contributed by atoms with Crippen LogP contribution in [0.1, 0.15) is 24.8 Å². The number of benzene rings is 2. The predicted molar refractivity (Wildman–Crippen MR) is 87.0 cm³/mol. The van der Waals surface area contributed by atoms with E-state index in [1.807, 2.05) is 30.3 Å². The van der Waals surface area contributed by atoms with Gasteiger partial charge in [0, 0.05) is 0 Å². The van der Waals surface area contributed by atoms with E-state index in [4.69, 9.17) is 16.3 Å². The van der Waals surface area contributed by atoms with E-state index >= 15 is 0 Å². The first-order valence-corrected chi connectivity index (χ1v) is 7.91. The number of hydrogen-bond donors (Lipinski definition) is 1. The van der Waals surface area contributed by atoms with Crippen LogP contribution in [0.4, 0.5) is 4.39 Å². The second-order valence-electron chi connectivity index (χ2n) is 5.71. The normalized spacial score (nSPS) is 15.6. The number of halogens is 2.